The minimum Gasteiger partial charge on any atom is -0.309 e. The Kier molecular flexibility index (Phi) is 8.53. The number of aromatic nitrogens is 3. The molecule has 0 saturated carbocycles. The van der Waals surface area contributed by atoms with Crippen molar-refractivity contribution < 1.29 is 0 Å². The second kappa shape index (κ2) is 15.0. The fraction of sp³-hybridized carbons (Fsp3) is 0. The van der Waals surface area contributed by atoms with E-state index in [1.165, 1.54) is 81.8 Å². The van der Waals surface area contributed by atoms with E-state index in [0.717, 1.165) is 39.2 Å². The molecule has 0 aliphatic rings. The fourth-order valence-corrected chi connectivity index (χ4v) is 10.3. The van der Waals surface area contributed by atoms with E-state index in [-0.39, 0.29) is 0 Å². The highest BCUT2D eigenvalue weighted by Crippen LogP contribution is 2.48. The first-order chi connectivity index (χ1) is 32.3. The molecule has 13 aromatic rings. The number of para-hydroxylation sites is 2. The molecule has 0 saturated heterocycles. The van der Waals surface area contributed by atoms with Crippen LogP contribution in [0.2, 0.25) is 0 Å². The Hall–Kier alpha value is -8.66. The van der Waals surface area contributed by atoms with Gasteiger partial charge in [-0.2, -0.15) is 0 Å². The zero-order valence-electron chi connectivity index (χ0n) is 35.4. The average molecular weight is 826 g/mol. The number of rotatable bonds is 6. The van der Waals surface area contributed by atoms with Gasteiger partial charge in [0.2, 0.25) is 0 Å². The quantitative estimate of drug-likeness (QED) is 0.123. The van der Waals surface area contributed by atoms with Crippen LogP contribution in [0.4, 0.5) is 0 Å². The molecule has 0 atom stereocenters. The van der Waals surface area contributed by atoms with E-state index in [1.807, 2.05) is 6.07 Å². The molecule has 0 fully saturated rings. The van der Waals surface area contributed by atoms with Crippen LogP contribution in [0, 0.1) is 0 Å². The normalized spacial score (nSPS) is 11.7. The monoisotopic (exact) mass is 825 g/mol. The van der Waals surface area contributed by atoms with Crippen LogP contribution in [-0.2, 0) is 0 Å². The smallest absolute Gasteiger partial charge is 0.160 e. The summed E-state index contributed by atoms with van der Waals surface area (Å²) in [7, 11) is 0. The molecule has 11 aromatic carbocycles. The van der Waals surface area contributed by atoms with Crippen LogP contribution in [0.5, 0.6) is 0 Å². The summed E-state index contributed by atoms with van der Waals surface area (Å²) in [6.45, 7) is 0. The van der Waals surface area contributed by atoms with Gasteiger partial charge in [-0.1, -0.05) is 206 Å². The van der Waals surface area contributed by atoms with Gasteiger partial charge in [0, 0.05) is 33.2 Å². The Morgan fingerprint density at radius 3 is 1.48 bits per heavy atom. The second-order valence-electron chi connectivity index (χ2n) is 16.8. The van der Waals surface area contributed by atoms with Gasteiger partial charge in [0.15, 0.2) is 5.82 Å². The molecule has 302 valence electrons. The van der Waals surface area contributed by atoms with Gasteiger partial charge in [0.1, 0.15) is 0 Å². The van der Waals surface area contributed by atoms with Crippen LogP contribution in [0.15, 0.2) is 237 Å². The number of nitrogens with zero attached hydrogens (tertiary/aromatic N) is 3. The van der Waals surface area contributed by atoms with Crippen molar-refractivity contribution in [1.82, 2.24) is 14.5 Å². The van der Waals surface area contributed by atoms with Crippen molar-refractivity contribution in [2.75, 3.05) is 0 Å². The van der Waals surface area contributed by atoms with Crippen LogP contribution in [-0.4, -0.2) is 14.5 Å². The summed E-state index contributed by atoms with van der Waals surface area (Å²) in [6.07, 6.45) is 0. The summed E-state index contributed by atoms with van der Waals surface area (Å²) in [5.74, 6) is 0.692. The lowest BCUT2D eigenvalue weighted by atomic mass is 9.82. The summed E-state index contributed by atoms with van der Waals surface area (Å²) >= 11 is 0. The fourth-order valence-electron chi connectivity index (χ4n) is 10.3. The molecular formula is C62H39N3. The largest absolute Gasteiger partial charge is 0.309 e. The van der Waals surface area contributed by atoms with E-state index in [0.29, 0.717) is 5.82 Å². The highest BCUT2D eigenvalue weighted by atomic mass is 15.0. The molecule has 3 heteroatoms. The average Bonchev–Trinajstić information content (AvgIpc) is 3.72. The Morgan fingerprint density at radius 1 is 0.292 bits per heavy atom. The van der Waals surface area contributed by atoms with E-state index in [4.69, 9.17) is 9.97 Å². The van der Waals surface area contributed by atoms with Crippen molar-refractivity contribution in [3.63, 3.8) is 0 Å². The van der Waals surface area contributed by atoms with E-state index in [1.54, 1.807) is 0 Å². The molecule has 0 unspecified atom stereocenters. The van der Waals surface area contributed by atoms with Gasteiger partial charge in [0.25, 0.3) is 0 Å². The van der Waals surface area contributed by atoms with E-state index >= 15 is 0 Å². The lowest BCUT2D eigenvalue weighted by Crippen LogP contribution is -1.98. The first kappa shape index (κ1) is 36.9. The van der Waals surface area contributed by atoms with Crippen molar-refractivity contribution in [2.45, 2.75) is 0 Å². The van der Waals surface area contributed by atoms with Crippen molar-refractivity contribution in [3.8, 4) is 61.8 Å². The van der Waals surface area contributed by atoms with Gasteiger partial charge in [-0.15, -0.1) is 0 Å². The van der Waals surface area contributed by atoms with E-state index in [2.05, 4.69) is 235 Å². The zero-order chi connectivity index (χ0) is 42.8. The minimum absolute atomic E-state index is 0.692. The van der Waals surface area contributed by atoms with Crippen LogP contribution < -0.4 is 0 Å². The highest BCUT2D eigenvalue weighted by Gasteiger charge is 2.22. The molecular weight excluding hydrogens is 787 g/mol. The lowest BCUT2D eigenvalue weighted by Gasteiger charge is -2.21. The number of fused-ring (bicyclic) bond motifs is 8. The Balaban J connectivity index is 1.02. The summed E-state index contributed by atoms with van der Waals surface area (Å²) in [5.41, 5.74) is 13.2. The molecule has 3 nitrogen and oxygen atoms in total. The van der Waals surface area contributed by atoms with Gasteiger partial charge in [-0.25, -0.2) is 9.97 Å². The van der Waals surface area contributed by atoms with Gasteiger partial charge in [-0.3, -0.25) is 0 Å². The van der Waals surface area contributed by atoms with Crippen LogP contribution in [0.3, 0.4) is 0 Å². The number of benzene rings is 11. The number of hydrogen-bond donors (Lipinski definition) is 0. The SMILES string of the molecule is c1ccc(-c2nc(-c3ccc(-n4c5ccccc5c5ccccc54)cc3)cc(-c3ccc(-c4c5ccccc5c(-c5ccccc5)c5ccc6ccccc6c45)c4ccccc34)n2)cc1. The number of hydrogen-bond acceptors (Lipinski definition) is 2. The third-order valence-corrected chi connectivity index (χ3v) is 13.2. The maximum atomic E-state index is 5.35. The van der Waals surface area contributed by atoms with E-state index in [9.17, 15) is 0 Å². The van der Waals surface area contributed by atoms with Crippen LogP contribution >= 0.6 is 0 Å². The lowest BCUT2D eigenvalue weighted by molar-refractivity contribution is 1.17. The molecule has 0 N–H and O–H groups in total. The van der Waals surface area contributed by atoms with Gasteiger partial charge < -0.3 is 4.57 Å². The van der Waals surface area contributed by atoms with Gasteiger partial charge in [0.05, 0.1) is 22.4 Å². The molecule has 0 bridgehead atoms. The van der Waals surface area contributed by atoms with Crippen molar-refractivity contribution >= 4 is 64.9 Å². The first-order valence-corrected chi connectivity index (χ1v) is 22.2. The standard InChI is InChI=1S/C62H39N3/c1-3-18-42(19-4-1)59-51-27-11-12-28-52(51)61(60-45-22-8-7-17-40(45)33-36-54(59)60)53-38-37-48(46-23-9-10-24-47(46)53)56-39-55(63-62(64-56)43-20-5-2-6-21-43)41-31-34-44(35-32-41)65-57-29-15-13-25-49(57)50-26-14-16-30-58(50)65/h1-39H. The first-order valence-electron chi connectivity index (χ1n) is 22.2. The highest BCUT2D eigenvalue weighted by molar-refractivity contribution is 6.29. The Bertz CT molecular complexity index is 3930. The molecule has 2 aromatic heterocycles. The van der Waals surface area contributed by atoms with Crippen molar-refractivity contribution in [2.24, 2.45) is 0 Å². The molecule has 0 spiro atoms. The van der Waals surface area contributed by atoms with Gasteiger partial charge >= 0.3 is 0 Å². The summed E-state index contributed by atoms with van der Waals surface area (Å²) < 4.78 is 2.35. The van der Waals surface area contributed by atoms with Crippen LogP contribution in [0.25, 0.3) is 127 Å². The molecule has 2 heterocycles. The topological polar surface area (TPSA) is 30.7 Å². The van der Waals surface area contributed by atoms with Crippen molar-refractivity contribution in [3.05, 3.63) is 237 Å². The molecule has 65 heavy (non-hydrogen) atoms. The maximum Gasteiger partial charge on any atom is 0.160 e. The van der Waals surface area contributed by atoms with Gasteiger partial charge in [-0.05, 0) is 95.7 Å². The molecule has 0 aliphatic heterocycles. The molecule has 0 amide bonds. The summed E-state index contributed by atoms with van der Waals surface area (Å²) in [6, 6.07) is 85.2. The second-order valence-corrected chi connectivity index (χ2v) is 16.8. The minimum atomic E-state index is 0.692. The molecule has 13 rings (SSSR count). The molecule has 0 radical (unpaired) electrons. The summed E-state index contributed by atoms with van der Waals surface area (Å²) in [5, 5.41) is 12.3. The zero-order valence-corrected chi connectivity index (χ0v) is 35.4. The predicted molar refractivity (Wildman–Crippen MR) is 274 cm³/mol. The van der Waals surface area contributed by atoms with E-state index < -0.39 is 0 Å². The predicted octanol–water partition coefficient (Wildman–Crippen LogP) is 16.5. The van der Waals surface area contributed by atoms with Crippen molar-refractivity contribution in [1.29, 1.82) is 0 Å². The third-order valence-electron chi connectivity index (χ3n) is 13.2. The Labute approximate surface area is 376 Å². The molecule has 0 aliphatic carbocycles. The third kappa shape index (κ3) is 5.97. The summed E-state index contributed by atoms with van der Waals surface area (Å²) in [4.78, 5) is 10.6. The Morgan fingerprint density at radius 2 is 0.800 bits per heavy atom. The van der Waals surface area contributed by atoms with Crippen LogP contribution in [0.1, 0.15) is 0 Å². The maximum absolute atomic E-state index is 5.35.